The molecule has 0 aliphatic carbocycles. The van der Waals surface area contributed by atoms with Gasteiger partial charge in [0.2, 0.25) is 0 Å². The average molecular weight is 355 g/mol. The summed E-state index contributed by atoms with van der Waals surface area (Å²) in [5, 5.41) is 12.6. The van der Waals surface area contributed by atoms with E-state index in [1.54, 1.807) is 12.1 Å². The summed E-state index contributed by atoms with van der Waals surface area (Å²) < 4.78 is 0.785. The van der Waals surface area contributed by atoms with Gasteiger partial charge in [0, 0.05) is 23.6 Å². The molecular formula is C16H23BrN2O2. The molecule has 0 spiro atoms. The first-order valence-electron chi connectivity index (χ1n) is 7.58. The summed E-state index contributed by atoms with van der Waals surface area (Å²) in [5.74, 6) is -0.208. The smallest absolute Gasteiger partial charge is 0.255 e. The average Bonchev–Trinajstić information content (AvgIpc) is 2.47. The Morgan fingerprint density at radius 3 is 3.05 bits per heavy atom. The molecule has 0 bridgehead atoms. The van der Waals surface area contributed by atoms with Gasteiger partial charge in [-0.2, -0.15) is 0 Å². The zero-order chi connectivity index (χ0) is 15.2. The maximum Gasteiger partial charge on any atom is 0.255 e. The third kappa shape index (κ3) is 4.71. The highest BCUT2D eigenvalue weighted by Gasteiger charge is 2.17. The Morgan fingerprint density at radius 2 is 2.29 bits per heavy atom. The van der Waals surface area contributed by atoms with E-state index in [-0.39, 0.29) is 11.7 Å². The molecule has 1 amide bonds. The lowest BCUT2D eigenvalue weighted by atomic mass is 10.0. The van der Waals surface area contributed by atoms with E-state index in [9.17, 15) is 9.90 Å². The molecule has 1 aromatic rings. The summed E-state index contributed by atoms with van der Waals surface area (Å²) >= 11 is 3.31. The van der Waals surface area contributed by atoms with Gasteiger partial charge in [-0.3, -0.25) is 4.79 Å². The van der Waals surface area contributed by atoms with Crippen molar-refractivity contribution >= 4 is 21.8 Å². The molecule has 4 nitrogen and oxygen atoms in total. The lowest BCUT2D eigenvalue weighted by Gasteiger charge is -2.33. The minimum absolute atomic E-state index is 0.0142. The SMILES string of the molecule is CC1CCCCN1CCCNC(=O)c1cc(Br)ccc1O. The quantitative estimate of drug-likeness (QED) is 0.798. The Bertz CT molecular complexity index is 493. The van der Waals surface area contributed by atoms with Crippen molar-refractivity contribution in [2.45, 2.75) is 38.6 Å². The molecule has 1 aliphatic rings. The van der Waals surface area contributed by atoms with Crippen LogP contribution in [0.4, 0.5) is 0 Å². The van der Waals surface area contributed by atoms with Crippen LogP contribution in [-0.2, 0) is 0 Å². The van der Waals surface area contributed by atoms with Gasteiger partial charge in [0.05, 0.1) is 5.56 Å². The number of likely N-dealkylation sites (tertiary alicyclic amines) is 1. The van der Waals surface area contributed by atoms with Gasteiger partial charge in [-0.15, -0.1) is 0 Å². The Balaban J connectivity index is 1.75. The zero-order valence-electron chi connectivity index (χ0n) is 12.4. The molecule has 1 unspecified atom stereocenters. The summed E-state index contributed by atoms with van der Waals surface area (Å²) in [6.07, 6.45) is 4.82. The number of rotatable bonds is 5. The fourth-order valence-corrected chi connectivity index (χ4v) is 3.12. The molecule has 1 heterocycles. The topological polar surface area (TPSA) is 52.6 Å². The van der Waals surface area contributed by atoms with Crippen LogP contribution < -0.4 is 5.32 Å². The molecule has 1 saturated heterocycles. The van der Waals surface area contributed by atoms with Gasteiger partial charge < -0.3 is 15.3 Å². The minimum Gasteiger partial charge on any atom is -0.507 e. The number of hydrogen-bond acceptors (Lipinski definition) is 3. The number of nitrogens with one attached hydrogen (secondary N) is 1. The number of halogens is 1. The van der Waals surface area contributed by atoms with Crippen LogP contribution in [0.2, 0.25) is 0 Å². The van der Waals surface area contributed by atoms with E-state index in [1.807, 2.05) is 0 Å². The zero-order valence-corrected chi connectivity index (χ0v) is 14.0. The lowest BCUT2D eigenvalue weighted by molar-refractivity contribution is 0.0946. The molecule has 1 fully saturated rings. The highest BCUT2D eigenvalue weighted by atomic mass is 79.9. The van der Waals surface area contributed by atoms with E-state index >= 15 is 0 Å². The Labute approximate surface area is 134 Å². The van der Waals surface area contributed by atoms with E-state index in [1.165, 1.54) is 31.9 Å². The Morgan fingerprint density at radius 1 is 1.48 bits per heavy atom. The Hall–Kier alpha value is -1.07. The summed E-state index contributed by atoms with van der Waals surface area (Å²) in [7, 11) is 0. The van der Waals surface area contributed by atoms with E-state index in [0.717, 1.165) is 17.4 Å². The number of phenolic OH excluding ortho intramolecular Hbond substituents is 1. The molecule has 0 radical (unpaired) electrons. The van der Waals surface area contributed by atoms with Crippen molar-refractivity contribution in [3.05, 3.63) is 28.2 Å². The standard InChI is InChI=1S/C16H23BrN2O2/c1-12-5-2-3-9-19(12)10-4-8-18-16(21)14-11-13(17)6-7-15(14)20/h6-7,11-12,20H,2-5,8-10H2,1H3,(H,18,21). The second kappa shape index (κ2) is 7.80. The van der Waals surface area contributed by atoms with Crippen LogP contribution >= 0.6 is 15.9 Å². The minimum atomic E-state index is -0.222. The van der Waals surface area contributed by atoms with Crippen molar-refractivity contribution in [2.24, 2.45) is 0 Å². The van der Waals surface area contributed by atoms with Crippen molar-refractivity contribution in [3.63, 3.8) is 0 Å². The van der Waals surface area contributed by atoms with Gasteiger partial charge in [-0.1, -0.05) is 22.4 Å². The van der Waals surface area contributed by atoms with Crippen LogP contribution in [0.15, 0.2) is 22.7 Å². The number of benzene rings is 1. The summed E-state index contributed by atoms with van der Waals surface area (Å²) in [5.41, 5.74) is 0.315. The fourth-order valence-electron chi connectivity index (χ4n) is 2.76. The van der Waals surface area contributed by atoms with Gasteiger partial charge in [-0.05, 0) is 50.9 Å². The van der Waals surface area contributed by atoms with Gasteiger partial charge in [-0.25, -0.2) is 0 Å². The van der Waals surface area contributed by atoms with Gasteiger partial charge >= 0.3 is 0 Å². The predicted octanol–water partition coefficient (Wildman–Crippen LogP) is 3.15. The van der Waals surface area contributed by atoms with E-state index in [2.05, 4.69) is 33.1 Å². The number of carbonyl (C=O) groups excluding carboxylic acids is 1. The first-order valence-corrected chi connectivity index (χ1v) is 8.38. The van der Waals surface area contributed by atoms with Gasteiger partial charge in [0.1, 0.15) is 5.75 Å². The summed E-state index contributed by atoms with van der Waals surface area (Å²) in [4.78, 5) is 14.5. The van der Waals surface area contributed by atoms with Crippen LogP contribution in [0.5, 0.6) is 5.75 Å². The number of nitrogens with zero attached hydrogens (tertiary/aromatic N) is 1. The monoisotopic (exact) mass is 354 g/mol. The normalized spacial score (nSPS) is 19.4. The van der Waals surface area contributed by atoms with Crippen LogP contribution in [-0.4, -0.2) is 41.6 Å². The second-order valence-electron chi connectivity index (χ2n) is 5.65. The maximum atomic E-state index is 12.0. The maximum absolute atomic E-state index is 12.0. The third-order valence-electron chi connectivity index (χ3n) is 4.05. The largest absolute Gasteiger partial charge is 0.507 e. The molecule has 2 N–H and O–H groups in total. The summed E-state index contributed by atoms with van der Waals surface area (Å²) in [6.45, 7) is 5.10. The highest BCUT2D eigenvalue weighted by Crippen LogP contribution is 2.21. The van der Waals surface area contributed by atoms with Crippen LogP contribution in [0.25, 0.3) is 0 Å². The predicted molar refractivity (Wildman–Crippen MR) is 87.6 cm³/mol. The van der Waals surface area contributed by atoms with E-state index < -0.39 is 0 Å². The van der Waals surface area contributed by atoms with Crippen molar-refractivity contribution in [3.8, 4) is 5.75 Å². The fraction of sp³-hybridized carbons (Fsp3) is 0.562. The van der Waals surface area contributed by atoms with Gasteiger partial charge in [0.25, 0.3) is 5.91 Å². The van der Waals surface area contributed by atoms with E-state index in [4.69, 9.17) is 0 Å². The molecule has 5 heteroatoms. The van der Waals surface area contributed by atoms with Crippen molar-refractivity contribution in [1.82, 2.24) is 10.2 Å². The Kier molecular flexibility index (Phi) is 6.06. The number of phenols is 1. The van der Waals surface area contributed by atoms with Gasteiger partial charge in [0.15, 0.2) is 0 Å². The molecule has 21 heavy (non-hydrogen) atoms. The number of piperidine rings is 1. The lowest BCUT2D eigenvalue weighted by Crippen LogP contribution is -2.39. The first kappa shape index (κ1) is 16.3. The molecule has 2 rings (SSSR count). The van der Waals surface area contributed by atoms with E-state index in [0.29, 0.717) is 18.2 Å². The molecule has 116 valence electrons. The molecule has 1 aromatic carbocycles. The van der Waals surface area contributed by atoms with Crippen molar-refractivity contribution in [1.29, 1.82) is 0 Å². The first-order chi connectivity index (χ1) is 10.1. The third-order valence-corrected chi connectivity index (χ3v) is 4.54. The van der Waals surface area contributed by atoms with Crippen molar-refractivity contribution < 1.29 is 9.90 Å². The van der Waals surface area contributed by atoms with Crippen LogP contribution in [0.3, 0.4) is 0 Å². The van der Waals surface area contributed by atoms with Crippen LogP contribution in [0.1, 0.15) is 43.0 Å². The second-order valence-corrected chi connectivity index (χ2v) is 6.57. The molecule has 0 aromatic heterocycles. The molecule has 0 saturated carbocycles. The number of carbonyl (C=O) groups is 1. The number of amides is 1. The van der Waals surface area contributed by atoms with Crippen LogP contribution in [0, 0.1) is 0 Å². The summed E-state index contributed by atoms with van der Waals surface area (Å²) in [6, 6.07) is 5.53. The highest BCUT2D eigenvalue weighted by molar-refractivity contribution is 9.10. The number of aromatic hydroxyl groups is 1. The van der Waals surface area contributed by atoms with Crippen molar-refractivity contribution in [2.75, 3.05) is 19.6 Å². The molecule has 1 atom stereocenters. The molecule has 1 aliphatic heterocycles. The number of hydrogen-bond donors (Lipinski definition) is 2. The molecular weight excluding hydrogens is 332 g/mol.